The Balaban J connectivity index is 2.37. The van der Waals surface area contributed by atoms with E-state index in [1.54, 1.807) is 11.1 Å². The summed E-state index contributed by atoms with van der Waals surface area (Å²) in [5, 5.41) is 3.14. The van der Waals surface area contributed by atoms with Crippen LogP contribution in [0, 0.1) is 0 Å². The van der Waals surface area contributed by atoms with Gasteiger partial charge in [-0.1, -0.05) is 0 Å². The van der Waals surface area contributed by atoms with Gasteiger partial charge in [-0.3, -0.25) is 0 Å². The van der Waals surface area contributed by atoms with Crippen LogP contribution in [-0.4, -0.2) is 56.1 Å². The van der Waals surface area contributed by atoms with E-state index in [4.69, 9.17) is 0 Å². The number of anilines is 2. The Labute approximate surface area is 107 Å². The number of aromatic nitrogens is 2. The molecule has 0 unspecified atom stereocenters. The van der Waals surface area contributed by atoms with E-state index in [-0.39, 0.29) is 6.54 Å². The highest BCUT2D eigenvalue weighted by Gasteiger charge is 2.22. The number of rotatable bonds is 2. The van der Waals surface area contributed by atoms with E-state index in [0.29, 0.717) is 24.7 Å². The van der Waals surface area contributed by atoms with Gasteiger partial charge in [0.15, 0.2) is 0 Å². The van der Waals surface area contributed by atoms with Crippen LogP contribution < -0.4 is 10.2 Å². The summed E-state index contributed by atoms with van der Waals surface area (Å²) in [6.07, 6.45) is 2.91. The highest BCUT2D eigenvalue weighted by Crippen LogP contribution is 2.20. The Morgan fingerprint density at radius 2 is 2.17 bits per heavy atom. The Morgan fingerprint density at radius 1 is 1.44 bits per heavy atom. The Kier molecular flexibility index (Phi) is 3.40. The van der Waals surface area contributed by atoms with Crippen LogP contribution in [0.5, 0.6) is 0 Å². The lowest BCUT2D eigenvalue weighted by atomic mass is 10.3. The van der Waals surface area contributed by atoms with Crippen molar-refractivity contribution >= 4 is 21.7 Å². The second-order valence-corrected chi connectivity index (χ2v) is 6.43. The summed E-state index contributed by atoms with van der Waals surface area (Å²) in [5.74, 6) is 0.575. The summed E-state index contributed by atoms with van der Waals surface area (Å²) in [7, 11) is 0.489. The Morgan fingerprint density at radius 3 is 2.78 bits per heavy atom. The normalized spacial score (nSPS) is 16.6. The number of nitrogens with zero attached hydrogens (tertiary/aromatic N) is 4. The summed E-state index contributed by atoms with van der Waals surface area (Å²) in [5.41, 5.74) is 1.50. The summed E-state index contributed by atoms with van der Waals surface area (Å²) in [4.78, 5) is 10.4. The molecule has 0 aromatic carbocycles. The van der Waals surface area contributed by atoms with Crippen molar-refractivity contribution in [1.82, 2.24) is 14.3 Å². The minimum Gasteiger partial charge on any atom is -0.381 e. The summed E-state index contributed by atoms with van der Waals surface area (Å²) in [6.45, 7) is 1.28. The van der Waals surface area contributed by atoms with Gasteiger partial charge in [0.25, 0.3) is 0 Å². The van der Waals surface area contributed by atoms with Crippen LogP contribution in [-0.2, 0) is 16.6 Å². The van der Waals surface area contributed by atoms with Gasteiger partial charge in [0.05, 0.1) is 30.4 Å². The highest BCUT2D eigenvalue weighted by atomic mass is 32.2. The molecule has 0 spiro atoms. The first kappa shape index (κ1) is 13.0. The molecule has 2 heterocycles. The van der Waals surface area contributed by atoms with Crippen molar-refractivity contribution in [3.8, 4) is 0 Å². The minimum atomic E-state index is -3.21. The minimum absolute atomic E-state index is 0.282. The van der Waals surface area contributed by atoms with Crippen LogP contribution in [0.1, 0.15) is 5.69 Å². The molecule has 100 valence electrons. The predicted octanol–water partition coefficient (Wildman–Crippen LogP) is -0.270. The Hall–Kier alpha value is -1.41. The van der Waals surface area contributed by atoms with Gasteiger partial charge in [-0.15, -0.1) is 0 Å². The monoisotopic (exact) mass is 271 g/mol. The molecule has 18 heavy (non-hydrogen) atoms. The van der Waals surface area contributed by atoms with Crippen LogP contribution >= 0.6 is 0 Å². The molecule has 1 aliphatic heterocycles. The third-order valence-electron chi connectivity index (χ3n) is 2.73. The first-order chi connectivity index (χ1) is 8.38. The van der Waals surface area contributed by atoms with E-state index >= 15 is 0 Å². The molecule has 0 radical (unpaired) electrons. The maximum Gasteiger partial charge on any atom is 0.225 e. The largest absolute Gasteiger partial charge is 0.381 e. The molecule has 1 N–H and O–H groups in total. The van der Waals surface area contributed by atoms with Gasteiger partial charge in [0.2, 0.25) is 16.0 Å². The van der Waals surface area contributed by atoms with Crippen molar-refractivity contribution in [2.45, 2.75) is 6.54 Å². The molecule has 7 nitrogen and oxygen atoms in total. The number of hydrogen-bond acceptors (Lipinski definition) is 6. The van der Waals surface area contributed by atoms with E-state index in [1.165, 1.54) is 10.6 Å². The number of fused-ring (bicyclic) bond motifs is 1. The molecule has 1 aromatic heterocycles. The van der Waals surface area contributed by atoms with E-state index in [0.717, 1.165) is 5.69 Å². The van der Waals surface area contributed by atoms with Gasteiger partial charge in [-0.05, 0) is 0 Å². The second kappa shape index (κ2) is 4.69. The van der Waals surface area contributed by atoms with Crippen LogP contribution in [0.4, 0.5) is 11.6 Å². The smallest absolute Gasteiger partial charge is 0.225 e. The SMILES string of the molecule is CN(C)c1ncc2c(n1)CN(S(C)(=O)=O)CCN2. The fourth-order valence-electron chi connectivity index (χ4n) is 1.73. The lowest BCUT2D eigenvalue weighted by Crippen LogP contribution is -2.31. The maximum absolute atomic E-state index is 11.6. The zero-order valence-electron chi connectivity index (χ0n) is 10.7. The molecule has 0 saturated heterocycles. The molecular formula is C10H17N5O2S. The van der Waals surface area contributed by atoms with E-state index < -0.39 is 10.0 Å². The molecule has 0 aliphatic carbocycles. The molecule has 1 aromatic rings. The van der Waals surface area contributed by atoms with Crippen molar-refractivity contribution in [1.29, 1.82) is 0 Å². The lowest BCUT2D eigenvalue weighted by molar-refractivity contribution is 0.424. The number of sulfonamides is 1. The molecule has 2 rings (SSSR count). The van der Waals surface area contributed by atoms with Gasteiger partial charge in [0, 0.05) is 27.2 Å². The van der Waals surface area contributed by atoms with E-state index in [1.807, 2.05) is 14.1 Å². The lowest BCUT2D eigenvalue weighted by Gasteiger charge is -2.17. The molecule has 0 saturated carbocycles. The molecule has 1 aliphatic rings. The van der Waals surface area contributed by atoms with Crippen LogP contribution in [0.25, 0.3) is 0 Å². The van der Waals surface area contributed by atoms with Crippen LogP contribution in [0.2, 0.25) is 0 Å². The fraction of sp³-hybridized carbons (Fsp3) is 0.600. The first-order valence-corrected chi connectivity index (χ1v) is 7.45. The van der Waals surface area contributed by atoms with E-state index in [9.17, 15) is 8.42 Å². The van der Waals surface area contributed by atoms with Gasteiger partial charge in [-0.2, -0.15) is 4.31 Å². The molecule has 0 bridgehead atoms. The molecule has 0 fully saturated rings. The molecule has 0 amide bonds. The van der Waals surface area contributed by atoms with Gasteiger partial charge in [0.1, 0.15) is 0 Å². The number of nitrogens with one attached hydrogen (secondary N) is 1. The maximum atomic E-state index is 11.6. The summed E-state index contributed by atoms with van der Waals surface area (Å²) >= 11 is 0. The standard InChI is InChI=1S/C10H17N5O2S/c1-14(2)10-12-6-8-9(13-10)7-15(5-4-11-8)18(3,16)17/h6,11H,4-5,7H2,1-3H3. The van der Waals surface area contributed by atoms with E-state index in [2.05, 4.69) is 15.3 Å². The third kappa shape index (κ3) is 2.70. The van der Waals surface area contributed by atoms with Gasteiger partial charge >= 0.3 is 0 Å². The molecule has 8 heteroatoms. The van der Waals surface area contributed by atoms with Crippen molar-refractivity contribution in [3.05, 3.63) is 11.9 Å². The zero-order chi connectivity index (χ0) is 13.3. The fourth-order valence-corrected chi connectivity index (χ4v) is 2.51. The third-order valence-corrected chi connectivity index (χ3v) is 3.98. The van der Waals surface area contributed by atoms with Crippen molar-refractivity contribution in [2.75, 3.05) is 43.7 Å². The number of hydrogen-bond donors (Lipinski definition) is 1. The average molecular weight is 271 g/mol. The zero-order valence-corrected chi connectivity index (χ0v) is 11.5. The summed E-state index contributed by atoms with van der Waals surface area (Å²) < 4.78 is 24.6. The van der Waals surface area contributed by atoms with Crippen molar-refractivity contribution in [2.24, 2.45) is 0 Å². The summed E-state index contributed by atoms with van der Waals surface area (Å²) in [6, 6.07) is 0. The van der Waals surface area contributed by atoms with Gasteiger partial charge in [-0.25, -0.2) is 18.4 Å². The molecular weight excluding hydrogens is 254 g/mol. The topological polar surface area (TPSA) is 78.4 Å². The van der Waals surface area contributed by atoms with Crippen molar-refractivity contribution in [3.63, 3.8) is 0 Å². The van der Waals surface area contributed by atoms with Crippen LogP contribution in [0.15, 0.2) is 6.20 Å². The Bertz CT molecular complexity index is 543. The quantitative estimate of drug-likeness (QED) is 0.798. The molecule has 0 atom stereocenters. The van der Waals surface area contributed by atoms with Crippen molar-refractivity contribution < 1.29 is 8.42 Å². The highest BCUT2D eigenvalue weighted by molar-refractivity contribution is 7.88. The average Bonchev–Trinajstić information content (AvgIpc) is 2.48. The predicted molar refractivity (Wildman–Crippen MR) is 70.1 cm³/mol. The first-order valence-electron chi connectivity index (χ1n) is 5.60. The van der Waals surface area contributed by atoms with Gasteiger partial charge < -0.3 is 10.2 Å². The second-order valence-electron chi connectivity index (χ2n) is 4.45. The van der Waals surface area contributed by atoms with Crippen LogP contribution in [0.3, 0.4) is 0 Å².